The van der Waals surface area contributed by atoms with Crippen molar-refractivity contribution in [2.75, 3.05) is 5.32 Å². The van der Waals surface area contributed by atoms with Crippen molar-refractivity contribution in [2.45, 2.75) is 20.4 Å². The van der Waals surface area contributed by atoms with Crippen LogP contribution in [0.3, 0.4) is 0 Å². The van der Waals surface area contributed by atoms with E-state index in [0.717, 1.165) is 27.9 Å². The van der Waals surface area contributed by atoms with Crippen molar-refractivity contribution in [3.05, 3.63) is 108 Å². The third kappa shape index (κ3) is 4.63. The number of carbonyl (C=O) groups is 1. The van der Waals surface area contributed by atoms with Crippen LogP contribution in [0.15, 0.2) is 89.8 Å². The number of imidazole rings is 1. The van der Waals surface area contributed by atoms with E-state index in [1.807, 2.05) is 91.3 Å². The van der Waals surface area contributed by atoms with E-state index in [0.29, 0.717) is 29.5 Å². The zero-order valence-electron chi connectivity index (χ0n) is 18.9. The minimum atomic E-state index is -0.125. The lowest BCUT2D eigenvalue weighted by molar-refractivity contribution is 0.102. The van der Waals surface area contributed by atoms with Crippen LogP contribution in [0, 0.1) is 13.8 Å². The number of carbonyl (C=O) groups excluding carboxylic acids is 1. The van der Waals surface area contributed by atoms with Crippen molar-refractivity contribution in [3.63, 3.8) is 0 Å². The SMILES string of the molecule is Cc1cccc(C(=O)Nc2ccc(Cn3cnc(-c4nc(-c5ccccc5C)no4)c3)cc2)c1. The average Bonchev–Trinajstić information content (AvgIpc) is 3.50. The number of nitrogens with one attached hydrogen (secondary N) is 1. The first kappa shape index (κ1) is 21.3. The van der Waals surface area contributed by atoms with Crippen LogP contribution >= 0.6 is 0 Å². The maximum absolute atomic E-state index is 12.4. The molecule has 2 aromatic heterocycles. The number of anilines is 1. The molecule has 0 radical (unpaired) electrons. The lowest BCUT2D eigenvalue weighted by Gasteiger charge is -2.08. The van der Waals surface area contributed by atoms with Crippen molar-refractivity contribution in [1.82, 2.24) is 19.7 Å². The number of aryl methyl sites for hydroxylation is 2. The van der Waals surface area contributed by atoms with Crippen LogP contribution in [0.1, 0.15) is 27.0 Å². The topological polar surface area (TPSA) is 85.8 Å². The van der Waals surface area contributed by atoms with Gasteiger partial charge in [0.1, 0.15) is 5.69 Å². The number of rotatable bonds is 6. The van der Waals surface area contributed by atoms with Gasteiger partial charge in [-0.1, -0.05) is 59.3 Å². The van der Waals surface area contributed by atoms with Crippen LogP contribution in [0.5, 0.6) is 0 Å². The van der Waals surface area contributed by atoms with Crippen molar-refractivity contribution in [1.29, 1.82) is 0 Å². The molecule has 34 heavy (non-hydrogen) atoms. The summed E-state index contributed by atoms with van der Waals surface area (Å²) in [5.41, 5.74) is 6.15. The maximum Gasteiger partial charge on any atom is 0.278 e. The summed E-state index contributed by atoms with van der Waals surface area (Å²) in [5, 5.41) is 7.04. The molecule has 7 heteroatoms. The van der Waals surface area contributed by atoms with Crippen LogP contribution in [0.2, 0.25) is 0 Å². The van der Waals surface area contributed by atoms with Gasteiger partial charge in [0.2, 0.25) is 5.82 Å². The molecule has 0 saturated carbocycles. The molecule has 0 fully saturated rings. The Morgan fingerprint density at radius 2 is 1.82 bits per heavy atom. The summed E-state index contributed by atoms with van der Waals surface area (Å²) in [5.74, 6) is 0.803. The normalized spacial score (nSPS) is 10.9. The molecule has 0 unspecified atom stereocenters. The van der Waals surface area contributed by atoms with E-state index in [1.165, 1.54) is 0 Å². The lowest BCUT2D eigenvalue weighted by atomic mass is 10.1. The van der Waals surface area contributed by atoms with Crippen LogP contribution in [-0.2, 0) is 6.54 Å². The minimum absolute atomic E-state index is 0.125. The Kier molecular flexibility index (Phi) is 5.74. The molecule has 0 spiro atoms. The molecule has 1 N–H and O–H groups in total. The number of aromatic nitrogens is 4. The molecule has 0 bridgehead atoms. The van der Waals surface area contributed by atoms with Gasteiger partial charge in [0.15, 0.2) is 0 Å². The number of hydrogen-bond donors (Lipinski definition) is 1. The van der Waals surface area contributed by atoms with Crippen LogP contribution in [-0.4, -0.2) is 25.6 Å². The fourth-order valence-corrected chi connectivity index (χ4v) is 3.71. The van der Waals surface area contributed by atoms with Crippen molar-refractivity contribution in [3.8, 4) is 23.0 Å². The highest BCUT2D eigenvalue weighted by Gasteiger charge is 2.14. The van der Waals surface area contributed by atoms with Crippen molar-refractivity contribution in [2.24, 2.45) is 0 Å². The Balaban J connectivity index is 1.24. The second kappa shape index (κ2) is 9.15. The molecule has 5 aromatic rings. The highest BCUT2D eigenvalue weighted by molar-refractivity contribution is 6.04. The van der Waals surface area contributed by atoms with Crippen LogP contribution in [0.4, 0.5) is 5.69 Å². The van der Waals surface area contributed by atoms with Gasteiger partial charge in [-0.05, 0) is 49.2 Å². The summed E-state index contributed by atoms with van der Waals surface area (Å²) < 4.78 is 7.39. The summed E-state index contributed by atoms with van der Waals surface area (Å²) in [6.07, 6.45) is 3.61. The van der Waals surface area contributed by atoms with Gasteiger partial charge in [0.05, 0.1) is 6.33 Å². The molecule has 3 aromatic carbocycles. The Labute approximate surface area is 197 Å². The fraction of sp³-hybridized carbons (Fsp3) is 0.111. The molecule has 0 atom stereocenters. The molecular weight excluding hydrogens is 426 g/mol. The number of amides is 1. The predicted molar refractivity (Wildman–Crippen MR) is 130 cm³/mol. The van der Waals surface area contributed by atoms with E-state index < -0.39 is 0 Å². The van der Waals surface area contributed by atoms with E-state index in [2.05, 4.69) is 20.4 Å². The second-order valence-corrected chi connectivity index (χ2v) is 8.19. The third-order valence-corrected chi connectivity index (χ3v) is 5.52. The van der Waals surface area contributed by atoms with Gasteiger partial charge in [-0.3, -0.25) is 4.79 Å². The lowest BCUT2D eigenvalue weighted by Crippen LogP contribution is -2.12. The molecule has 0 saturated heterocycles. The van der Waals surface area contributed by atoms with Gasteiger partial charge >= 0.3 is 0 Å². The van der Waals surface area contributed by atoms with Gasteiger partial charge in [-0.15, -0.1) is 0 Å². The molecule has 168 valence electrons. The quantitative estimate of drug-likeness (QED) is 0.369. The smallest absolute Gasteiger partial charge is 0.278 e. The highest BCUT2D eigenvalue weighted by atomic mass is 16.5. The maximum atomic E-state index is 12.4. The van der Waals surface area contributed by atoms with Gasteiger partial charge < -0.3 is 14.4 Å². The Hall–Kier alpha value is -4.52. The summed E-state index contributed by atoms with van der Waals surface area (Å²) in [4.78, 5) is 21.4. The Morgan fingerprint density at radius 1 is 1.00 bits per heavy atom. The summed E-state index contributed by atoms with van der Waals surface area (Å²) in [6, 6.07) is 23.2. The molecule has 0 aliphatic rings. The predicted octanol–water partition coefficient (Wildman–Crippen LogP) is 5.52. The minimum Gasteiger partial charge on any atom is -0.332 e. The second-order valence-electron chi connectivity index (χ2n) is 8.19. The molecule has 5 rings (SSSR count). The summed E-state index contributed by atoms with van der Waals surface area (Å²) in [7, 11) is 0. The van der Waals surface area contributed by atoms with Gasteiger partial charge in [0, 0.05) is 29.6 Å². The molecule has 0 aliphatic carbocycles. The Bertz CT molecular complexity index is 1450. The zero-order chi connectivity index (χ0) is 23.5. The molecule has 2 heterocycles. The van der Waals surface area contributed by atoms with E-state index in [-0.39, 0.29) is 5.91 Å². The molecule has 1 amide bonds. The molecular formula is C27H23N5O2. The van der Waals surface area contributed by atoms with E-state index >= 15 is 0 Å². The van der Waals surface area contributed by atoms with Crippen LogP contribution < -0.4 is 5.32 Å². The zero-order valence-corrected chi connectivity index (χ0v) is 18.9. The monoisotopic (exact) mass is 449 g/mol. The highest BCUT2D eigenvalue weighted by Crippen LogP contribution is 2.23. The van der Waals surface area contributed by atoms with Crippen molar-refractivity contribution < 1.29 is 9.32 Å². The average molecular weight is 450 g/mol. The first-order valence-electron chi connectivity index (χ1n) is 10.9. The molecule has 0 aliphatic heterocycles. The van der Waals surface area contributed by atoms with Gasteiger partial charge in [-0.25, -0.2) is 4.98 Å². The fourth-order valence-electron chi connectivity index (χ4n) is 3.71. The first-order valence-corrected chi connectivity index (χ1v) is 10.9. The first-order chi connectivity index (χ1) is 16.5. The molecule has 7 nitrogen and oxygen atoms in total. The Morgan fingerprint density at radius 3 is 2.62 bits per heavy atom. The summed E-state index contributed by atoms with van der Waals surface area (Å²) in [6.45, 7) is 4.60. The largest absolute Gasteiger partial charge is 0.332 e. The van der Waals surface area contributed by atoms with Gasteiger partial charge in [-0.2, -0.15) is 4.98 Å². The number of nitrogens with zero attached hydrogens (tertiary/aromatic N) is 4. The van der Waals surface area contributed by atoms with Crippen molar-refractivity contribution >= 4 is 11.6 Å². The third-order valence-electron chi connectivity index (χ3n) is 5.52. The van der Waals surface area contributed by atoms with Gasteiger partial charge in [0.25, 0.3) is 11.8 Å². The van der Waals surface area contributed by atoms with E-state index in [9.17, 15) is 4.79 Å². The van der Waals surface area contributed by atoms with E-state index in [4.69, 9.17) is 4.52 Å². The van der Waals surface area contributed by atoms with Crippen LogP contribution in [0.25, 0.3) is 23.0 Å². The van der Waals surface area contributed by atoms with E-state index in [1.54, 1.807) is 12.4 Å². The standard InChI is InChI=1S/C27H23N5O2/c1-18-6-5-8-21(14-18)26(33)29-22-12-10-20(11-13-22)15-32-16-24(28-17-32)27-30-25(31-34-27)23-9-4-3-7-19(23)2/h3-14,16-17H,15H2,1-2H3,(H,29,33). The number of benzene rings is 3. The summed E-state index contributed by atoms with van der Waals surface area (Å²) >= 11 is 0. The number of hydrogen-bond acceptors (Lipinski definition) is 5.